The molecule has 0 radical (unpaired) electrons. The highest BCUT2D eigenvalue weighted by molar-refractivity contribution is 5.98. The van der Waals surface area contributed by atoms with Gasteiger partial charge in [0.25, 0.3) is 0 Å². The Hall–Kier alpha value is -0.443. The summed E-state index contributed by atoms with van der Waals surface area (Å²) in [6.07, 6.45) is 4.57. The number of isocyanates is 1. The fraction of sp³-hybridized carbons (Fsp3) is 0.875. The number of nitrogens with zero attached hydrogens (tertiary/aromatic N) is 1. The lowest BCUT2D eigenvalue weighted by Gasteiger charge is -2.23. The predicted molar refractivity (Wildman–Crippen MR) is 51.9 cm³/mol. The topological polar surface area (TPSA) is 38.7 Å². The van der Waals surface area contributed by atoms with Gasteiger partial charge in [-0.15, -0.1) is 0 Å². The van der Waals surface area contributed by atoms with Crippen LogP contribution in [0.25, 0.3) is 0 Å². The first-order valence-electron chi connectivity index (χ1n) is 4.21. The van der Waals surface area contributed by atoms with Crippen LogP contribution < -0.4 is 0 Å². The van der Waals surface area contributed by atoms with Crippen molar-refractivity contribution in [2.45, 2.75) is 38.7 Å². The molecule has 0 fully saturated rings. The highest BCUT2D eigenvalue weighted by Gasteiger charge is 2.13. The summed E-state index contributed by atoms with van der Waals surface area (Å²) in [5, 5.41) is 0. The zero-order valence-electron chi connectivity index (χ0n) is 8.09. The van der Waals surface area contributed by atoms with E-state index in [-0.39, 0.29) is 5.60 Å². The van der Waals surface area contributed by atoms with Gasteiger partial charge in [-0.25, -0.2) is 9.79 Å². The molecule has 0 amide bonds. The minimum atomic E-state index is 0.0110. The summed E-state index contributed by atoms with van der Waals surface area (Å²) in [6.45, 7) is 4.77. The van der Waals surface area contributed by atoms with Crippen LogP contribution in [0.1, 0.15) is 33.1 Å². The van der Waals surface area contributed by atoms with Crippen molar-refractivity contribution < 1.29 is 9.22 Å². The minimum absolute atomic E-state index is 0.0110. The Morgan fingerprint density at radius 3 is 2.67 bits per heavy atom. The maximum atomic E-state index is 9.71. The van der Waals surface area contributed by atoms with Gasteiger partial charge in [0, 0.05) is 5.60 Å². The molecule has 0 aromatic heterocycles. The Kier molecular flexibility index (Phi) is 5.89. The molecule has 0 aliphatic rings. The van der Waals surface area contributed by atoms with Gasteiger partial charge in [-0.3, -0.25) is 0 Å². The molecule has 0 atom stereocenters. The largest absolute Gasteiger partial charge is 0.423 e. The van der Waals surface area contributed by atoms with E-state index in [2.05, 4.69) is 18.8 Å². The molecule has 0 aromatic rings. The highest BCUT2D eigenvalue weighted by Crippen LogP contribution is 2.15. The van der Waals surface area contributed by atoms with Crippen LogP contribution >= 0.6 is 0 Å². The van der Waals surface area contributed by atoms with Crippen LogP contribution in [0.3, 0.4) is 0 Å². The van der Waals surface area contributed by atoms with Crippen molar-refractivity contribution in [3.8, 4) is 0 Å². The first-order valence-corrected chi connectivity index (χ1v) is 5.03. The number of rotatable bonds is 6. The van der Waals surface area contributed by atoms with Crippen molar-refractivity contribution in [3.63, 3.8) is 0 Å². The van der Waals surface area contributed by atoms with Crippen molar-refractivity contribution in [2.24, 2.45) is 4.99 Å². The molecule has 0 bridgehead atoms. The van der Waals surface area contributed by atoms with E-state index in [1.807, 2.05) is 0 Å². The van der Waals surface area contributed by atoms with Crippen molar-refractivity contribution >= 4 is 16.6 Å². The van der Waals surface area contributed by atoms with E-state index in [0.717, 1.165) is 29.7 Å². The molecular weight excluding hydrogens is 170 g/mol. The molecule has 0 saturated heterocycles. The van der Waals surface area contributed by atoms with Gasteiger partial charge in [0.2, 0.25) is 6.08 Å². The van der Waals surface area contributed by atoms with E-state index in [1.165, 1.54) is 6.08 Å². The third-order valence-corrected chi connectivity index (χ3v) is 3.02. The Morgan fingerprint density at radius 1 is 1.50 bits per heavy atom. The second-order valence-corrected chi connectivity index (χ2v) is 3.80. The van der Waals surface area contributed by atoms with Crippen molar-refractivity contribution in [2.75, 3.05) is 6.54 Å². The van der Waals surface area contributed by atoms with Crippen LogP contribution in [0.4, 0.5) is 0 Å². The number of carbonyl (C=O) groups excluding carboxylic acids is 1. The lowest BCUT2D eigenvalue weighted by atomic mass is 10.0. The number of hydrogen-bond acceptors (Lipinski definition) is 3. The zero-order valence-corrected chi connectivity index (χ0v) is 10.1. The second kappa shape index (κ2) is 6.12. The van der Waals surface area contributed by atoms with Crippen LogP contribution in [0.5, 0.6) is 0 Å². The summed E-state index contributed by atoms with van der Waals surface area (Å²) < 4.78 is 5.38. The first kappa shape index (κ1) is 11.6. The summed E-state index contributed by atoms with van der Waals surface area (Å²) >= 11 is 0. The maximum Gasteiger partial charge on any atom is 0.234 e. The van der Waals surface area contributed by atoms with Crippen LogP contribution in [0, 0.1) is 0 Å². The molecule has 0 heterocycles. The molecule has 0 aliphatic carbocycles. The summed E-state index contributed by atoms with van der Waals surface area (Å²) in [6, 6.07) is 0. The number of hydrogen-bond donors (Lipinski definition) is 0. The van der Waals surface area contributed by atoms with Crippen LogP contribution in [0.15, 0.2) is 4.99 Å². The van der Waals surface area contributed by atoms with Gasteiger partial charge in [-0.05, 0) is 33.1 Å². The summed E-state index contributed by atoms with van der Waals surface area (Å²) in [5.41, 5.74) is 0.0110. The molecule has 0 aromatic carbocycles. The smallest absolute Gasteiger partial charge is 0.234 e. The van der Waals surface area contributed by atoms with E-state index >= 15 is 0 Å². The van der Waals surface area contributed by atoms with Crippen LogP contribution in [0.2, 0.25) is 0 Å². The lowest BCUT2D eigenvalue weighted by Crippen LogP contribution is -2.22. The zero-order chi connectivity index (χ0) is 9.45. The van der Waals surface area contributed by atoms with E-state index in [9.17, 15) is 4.79 Å². The minimum Gasteiger partial charge on any atom is -0.423 e. The maximum absolute atomic E-state index is 9.71. The van der Waals surface area contributed by atoms with E-state index in [4.69, 9.17) is 4.43 Å². The van der Waals surface area contributed by atoms with Crippen molar-refractivity contribution in [3.05, 3.63) is 0 Å². The summed E-state index contributed by atoms with van der Waals surface area (Å²) in [7, 11) is 0.781. The predicted octanol–water partition coefficient (Wildman–Crippen LogP) is 0.568. The third kappa shape index (κ3) is 6.28. The molecule has 0 spiro atoms. The fourth-order valence-electron chi connectivity index (χ4n) is 0.889. The number of aliphatic imine (C=N–C) groups is 1. The standard InChI is InChI=1S/C8H17NO2Si/c1-8(2,11-12)5-3-4-6-9-7-10/h3-6H2,1-2,12H3. The molecule has 4 heteroatoms. The molecule has 12 heavy (non-hydrogen) atoms. The van der Waals surface area contributed by atoms with E-state index in [1.54, 1.807) is 0 Å². The molecule has 70 valence electrons. The van der Waals surface area contributed by atoms with Gasteiger partial charge < -0.3 is 4.43 Å². The third-order valence-electron chi connectivity index (χ3n) is 1.92. The first-order chi connectivity index (χ1) is 5.62. The molecular formula is C8H17NO2Si. The summed E-state index contributed by atoms with van der Waals surface area (Å²) in [5.74, 6) is 0. The second-order valence-electron chi connectivity index (χ2n) is 3.39. The van der Waals surface area contributed by atoms with E-state index in [0.29, 0.717) is 6.54 Å². The summed E-state index contributed by atoms with van der Waals surface area (Å²) in [4.78, 5) is 13.2. The van der Waals surface area contributed by atoms with E-state index < -0.39 is 0 Å². The monoisotopic (exact) mass is 187 g/mol. The van der Waals surface area contributed by atoms with Crippen LogP contribution in [-0.2, 0) is 9.22 Å². The number of unbranched alkanes of at least 4 members (excludes halogenated alkanes) is 1. The van der Waals surface area contributed by atoms with Gasteiger partial charge >= 0.3 is 0 Å². The molecule has 0 unspecified atom stereocenters. The average Bonchev–Trinajstić information content (AvgIpc) is 2.04. The highest BCUT2D eigenvalue weighted by atomic mass is 28.2. The van der Waals surface area contributed by atoms with Gasteiger partial charge in [0.05, 0.1) is 6.54 Å². The Morgan fingerprint density at radius 2 is 2.17 bits per heavy atom. The molecule has 0 N–H and O–H groups in total. The molecule has 0 rings (SSSR count). The fourth-order valence-corrected chi connectivity index (χ4v) is 1.09. The van der Waals surface area contributed by atoms with Gasteiger partial charge in [-0.2, -0.15) is 0 Å². The van der Waals surface area contributed by atoms with Gasteiger partial charge in [-0.1, -0.05) is 0 Å². The Balaban J connectivity index is 3.36. The van der Waals surface area contributed by atoms with Gasteiger partial charge in [0.1, 0.15) is 10.5 Å². The van der Waals surface area contributed by atoms with Crippen molar-refractivity contribution in [1.29, 1.82) is 0 Å². The average molecular weight is 187 g/mol. The van der Waals surface area contributed by atoms with Crippen LogP contribution in [-0.4, -0.2) is 28.7 Å². The Bertz CT molecular complexity index is 164. The quantitative estimate of drug-likeness (QED) is 0.264. The molecule has 3 nitrogen and oxygen atoms in total. The lowest BCUT2D eigenvalue weighted by molar-refractivity contribution is 0.110. The normalized spacial score (nSPS) is 11.2. The van der Waals surface area contributed by atoms with Crippen molar-refractivity contribution in [1.82, 2.24) is 0 Å². The Labute approximate surface area is 76.8 Å². The molecule has 0 aliphatic heterocycles. The molecule has 0 saturated carbocycles. The SMILES string of the molecule is CC(C)(CCCCN=C=O)O[SiH3]. The van der Waals surface area contributed by atoms with Gasteiger partial charge in [0.15, 0.2) is 0 Å².